The van der Waals surface area contributed by atoms with Crippen molar-refractivity contribution in [3.63, 3.8) is 0 Å². The number of carbonyl (C=O) groups is 8. The van der Waals surface area contributed by atoms with Gasteiger partial charge in [0.15, 0.2) is 47.3 Å². The molecule has 12 N–H and O–H groups in total. The van der Waals surface area contributed by atoms with Crippen LogP contribution in [0.15, 0.2) is 49.6 Å². The number of Topliss-reactive ketones (excluding diaryl/α,β-unsaturated/α-hetero) is 1. The van der Waals surface area contributed by atoms with Gasteiger partial charge in [-0.2, -0.15) is 0 Å². The number of imide groups is 1. The maximum atomic E-state index is 13.8. The number of likely N-dealkylation sites (N-methyl/N-ethyl adjacent to an activating group) is 1. The van der Waals surface area contributed by atoms with Gasteiger partial charge in [-0.25, -0.2) is 44.3 Å². The van der Waals surface area contributed by atoms with E-state index < -0.39 is 142 Å². The molecule has 4 aliphatic heterocycles. The SMILES string of the molecule is CC1CC(=O)N(CCC(=O)N[C@H](C(=O)C[C@@H](CCCNC(N)=O)C(=O)Nc2ccc(COC(=O)N(C)CCOC(=O)O[C@@H]3[C@@H]4OP(O)(=S)OC[C@H]5O[C@@H](n6cnc7c(N)ncnc76)[C@H](OP(O)(=S)OC[C@H]4O[C@H]3n3cnc4c(N)ncnc43)[C@@H]5O)cc2)C(C)C)C1=O. The molecule has 0 aliphatic carbocycles. The van der Waals surface area contributed by atoms with Crippen LogP contribution in [0.25, 0.3) is 22.3 Å². The lowest BCUT2D eigenvalue weighted by Gasteiger charge is -2.29. The largest absolute Gasteiger partial charge is 0.508 e. The van der Waals surface area contributed by atoms with Crippen LogP contribution >= 0.6 is 13.4 Å². The standard InChI is InChI=1S/C52H68N16O20P2S2/c1-25(2)35(64-33(70)11-13-66-34(71)16-26(3)47(66)74)30(69)17-28(6-5-12-56-50(55)75)46(73)63-29-9-7-27(8-10-29)18-81-51(76)65(4)14-15-80-52(77)86-41-39-32(85-49(41)68-24-62-37-43(54)58-22-60-45(37)68)20-83-90(79,92)88-40-38(72)31(19-82-89(78,91)87-39)84-48(40)67-23-61-36-42(53)57-21-59-44(36)67/h7-10,21-26,28,31-32,35,38-41,48-49,72H,5-6,11-20H2,1-4H3,(H,63,73)(H,64,70)(H,78,91)(H,79,92)(H2,53,57,59)(H2,54,58,60)(H3,55,56,75)/t26?,28-,31-,32-,35+,38-,39-,40-,41-,48-,49-,89?,90?/m1/s1. The van der Waals surface area contributed by atoms with Crippen LogP contribution in [0.3, 0.4) is 0 Å². The molecule has 36 nitrogen and oxygen atoms in total. The van der Waals surface area contributed by atoms with E-state index in [2.05, 4.69) is 45.9 Å². The summed E-state index contributed by atoms with van der Waals surface area (Å²) < 4.78 is 55.4. The number of nitrogens with zero attached hydrogens (tertiary/aromatic N) is 10. The number of primary amides is 1. The average Bonchev–Trinajstić information content (AvgIpc) is 1.62. The number of hydrogen-bond acceptors (Lipinski definition) is 28. The van der Waals surface area contributed by atoms with E-state index in [1.165, 1.54) is 35.2 Å². The zero-order valence-corrected chi connectivity index (χ0v) is 53.2. The summed E-state index contributed by atoms with van der Waals surface area (Å²) in [5.74, 6) is -4.04. The number of nitrogen functional groups attached to an aromatic ring is 2. The van der Waals surface area contributed by atoms with Crippen LogP contribution in [0.1, 0.15) is 70.9 Å². The number of benzene rings is 1. The third kappa shape index (κ3) is 16.6. The molecule has 2 bridgehead atoms. The van der Waals surface area contributed by atoms with Crippen molar-refractivity contribution in [2.24, 2.45) is 23.5 Å². The quantitative estimate of drug-likeness (QED) is 0.0201. The number of amides is 7. The van der Waals surface area contributed by atoms with Gasteiger partial charge in [0, 0.05) is 56.9 Å². The second-order valence-electron chi connectivity index (χ2n) is 22.1. The van der Waals surface area contributed by atoms with Gasteiger partial charge in [0.2, 0.25) is 23.6 Å². The van der Waals surface area contributed by atoms with E-state index in [9.17, 15) is 53.2 Å². The van der Waals surface area contributed by atoms with Gasteiger partial charge in [-0.15, -0.1) is 0 Å². The number of carbonyl (C=O) groups excluding carboxylic acids is 8. The number of rotatable bonds is 22. The first kappa shape index (κ1) is 68.8. The number of urea groups is 1. The molecule has 7 amide bonds. The predicted molar refractivity (Wildman–Crippen MR) is 324 cm³/mol. The Kier molecular flexibility index (Phi) is 22.1. The molecule has 3 unspecified atom stereocenters. The smallest absolute Gasteiger partial charge is 0.445 e. The van der Waals surface area contributed by atoms with Crippen LogP contribution in [0.5, 0.6) is 0 Å². The highest BCUT2D eigenvalue weighted by Gasteiger charge is 2.55. The Balaban J connectivity index is 0.799. The Hall–Kier alpha value is -7.58. The van der Waals surface area contributed by atoms with Crippen molar-refractivity contribution < 1.29 is 95.0 Å². The molecular formula is C52H68N16O20P2S2. The summed E-state index contributed by atoms with van der Waals surface area (Å²) in [7, 11) is 1.37. The van der Waals surface area contributed by atoms with Crippen molar-refractivity contribution in [3.05, 3.63) is 55.1 Å². The van der Waals surface area contributed by atoms with E-state index in [1.807, 2.05) is 0 Å². The zero-order chi connectivity index (χ0) is 66.3. The number of hydrogen-bond donors (Lipinski definition) is 9. The summed E-state index contributed by atoms with van der Waals surface area (Å²) in [4.78, 5) is 154. The molecule has 9 rings (SSSR count). The van der Waals surface area contributed by atoms with Crippen molar-refractivity contribution in [1.29, 1.82) is 0 Å². The van der Waals surface area contributed by atoms with Crippen LogP contribution < -0.4 is 33.2 Å². The highest BCUT2D eigenvalue weighted by molar-refractivity contribution is 8.07. The van der Waals surface area contributed by atoms with Crippen molar-refractivity contribution >= 4 is 124 Å². The van der Waals surface area contributed by atoms with Gasteiger partial charge in [-0.05, 0) is 60.1 Å². The van der Waals surface area contributed by atoms with Gasteiger partial charge >= 0.3 is 31.7 Å². The highest BCUT2D eigenvalue weighted by atomic mass is 32.5. The lowest BCUT2D eigenvalue weighted by atomic mass is 9.89. The van der Waals surface area contributed by atoms with Crippen molar-refractivity contribution in [2.75, 3.05) is 63.3 Å². The van der Waals surface area contributed by atoms with Crippen LogP contribution in [0.2, 0.25) is 0 Å². The maximum Gasteiger partial charge on any atom is 0.508 e. The third-order valence-corrected chi connectivity index (χ3v) is 18.3. The molecule has 498 valence electrons. The summed E-state index contributed by atoms with van der Waals surface area (Å²) in [5, 5.41) is 19.5. The molecule has 4 saturated heterocycles. The fraction of sp³-hybridized carbons (Fsp3) is 0.538. The van der Waals surface area contributed by atoms with Crippen molar-refractivity contribution in [3.8, 4) is 0 Å². The number of nitrogens with two attached hydrogens (primary N) is 3. The summed E-state index contributed by atoms with van der Waals surface area (Å²) in [6, 6.07) is 4.48. The Bertz CT molecular complexity index is 3680. The normalized spacial score (nSPS) is 26.5. The Morgan fingerprint density at radius 1 is 0.848 bits per heavy atom. The van der Waals surface area contributed by atoms with Crippen molar-refractivity contribution in [2.45, 2.75) is 115 Å². The van der Waals surface area contributed by atoms with E-state index in [4.69, 9.17) is 82.6 Å². The van der Waals surface area contributed by atoms with E-state index >= 15 is 0 Å². The lowest BCUT2D eigenvalue weighted by molar-refractivity contribution is -0.140. The average molecular weight is 1360 g/mol. The number of aromatic nitrogens is 8. The number of fused-ring (bicyclic) bond motifs is 5. The number of anilines is 3. The summed E-state index contributed by atoms with van der Waals surface area (Å²) in [6.07, 6.45) is -9.22. The van der Waals surface area contributed by atoms with E-state index in [0.29, 0.717) is 11.3 Å². The third-order valence-electron chi connectivity index (χ3n) is 15.2. The van der Waals surface area contributed by atoms with E-state index in [0.717, 1.165) is 16.1 Å². The minimum atomic E-state index is -4.49. The Labute approximate surface area is 533 Å². The molecule has 8 heterocycles. The lowest BCUT2D eigenvalue weighted by Crippen LogP contribution is -2.46. The van der Waals surface area contributed by atoms with Crippen molar-refractivity contribution in [1.82, 2.24) is 59.5 Å². The first-order valence-electron chi connectivity index (χ1n) is 28.6. The molecule has 4 aliphatic rings. The predicted octanol–water partition coefficient (Wildman–Crippen LogP) is 0.916. The van der Waals surface area contributed by atoms with Gasteiger partial charge in [0.05, 0.1) is 38.5 Å². The fourth-order valence-electron chi connectivity index (χ4n) is 10.4. The topological polar surface area (TPSA) is 488 Å². The number of aliphatic hydroxyl groups excluding tert-OH is 1. The summed E-state index contributed by atoms with van der Waals surface area (Å²) in [5.41, 5.74) is 18.7. The monoisotopic (exact) mass is 1360 g/mol. The number of imidazole rings is 2. The molecular weight excluding hydrogens is 1290 g/mol. The molecule has 0 saturated carbocycles. The molecule has 0 spiro atoms. The van der Waals surface area contributed by atoms with Gasteiger partial charge in [0.25, 0.3) is 0 Å². The van der Waals surface area contributed by atoms with Crippen LogP contribution in [0.4, 0.5) is 31.7 Å². The zero-order valence-electron chi connectivity index (χ0n) is 49.7. The van der Waals surface area contributed by atoms with Gasteiger partial charge in [-0.3, -0.25) is 47.1 Å². The first-order chi connectivity index (χ1) is 43.7. The minimum Gasteiger partial charge on any atom is -0.445 e. The molecule has 0 radical (unpaired) electrons. The molecule has 4 fully saturated rings. The van der Waals surface area contributed by atoms with Crippen LogP contribution in [-0.2, 0) is 96.0 Å². The Morgan fingerprint density at radius 2 is 1.46 bits per heavy atom. The second-order valence-corrected chi connectivity index (χ2v) is 27.7. The maximum absolute atomic E-state index is 13.8. The summed E-state index contributed by atoms with van der Waals surface area (Å²) in [6.45, 7) is -6.13. The van der Waals surface area contributed by atoms with Gasteiger partial charge in [0.1, 0.15) is 67.4 Å². The molecule has 40 heteroatoms. The number of nitrogens with one attached hydrogen (secondary N) is 3. The van der Waals surface area contributed by atoms with Crippen LogP contribution in [-0.4, -0.2) is 201 Å². The second kappa shape index (κ2) is 29.6. The van der Waals surface area contributed by atoms with E-state index in [1.54, 1.807) is 45.0 Å². The highest BCUT2D eigenvalue weighted by Crippen LogP contribution is 2.54. The van der Waals surface area contributed by atoms with Gasteiger partial charge in [-0.1, -0.05) is 32.9 Å². The molecule has 1 aromatic carbocycles. The molecule has 92 heavy (non-hydrogen) atoms. The van der Waals surface area contributed by atoms with Gasteiger partial charge < -0.3 is 85.7 Å². The number of likely N-dealkylation sites (tertiary alicyclic amines) is 1. The number of aliphatic hydroxyl groups is 1. The van der Waals surface area contributed by atoms with Crippen LogP contribution in [0, 0.1) is 17.8 Å². The number of ketones is 1. The molecule has 13 atom stereocenters. The Morgan fingerprint density at radius 3 is 2.07 bits per heavy atom. The fourth-order valence-corrected chi connectivity index (χ4v) is 13.3. The number of ether oxygens (including phenoxy) is 5. The first-order valence-corrected chi connectivity index (χ1v) is 33.8. The summed E-state index contributed by atoms with van der Waals surface area (Å²) >= 11 is 10.9. The van der Waals surface area contributed by atoms with E-state index in [-0.39, 0.29) is 104 Å². The molecule has 4 aromatic heterocycles. The molecule has 5 aromatic rings. The minimum absolute atomic E-state index is 0.0188.